The number of hydrogen-bond donors (Lipinski definition) is 2. The number of nitrogens with one attached hydrogen (secondary N) is 2. The molecule has 0 radical (unpaired) electrons. The highest BCUT2D eigenvalue weighted by Crippen LogP contribution is 2.16. The third kappa shape index (κ3) is 6.07. The molecule has 0 aromatic heterocycles. The van der Waals surface area contributed by atoms with Gasteiger partial charge in [0.05, 0.1) is 6.10 Å². The highest BCUT2D eigenvalue weighted by atomic mass is 16.5. The first-order valence-electron chi connectivity index (χ1n) is 9.72. The number of rotatable bonds is 7. The van der Waals surface area contributed by atoms with Crippen molar-refractivity contribution in [3.63, 3.8) is 0 Å². The fraction of sp³-hybridized carbons (Fsp3) is 0.120. The Morgan fingerprint density at radius 1 is 0.833 bits per heavy atom. The molecule has 2 amide bonds. The fourth-order valence-corrected chi connectivity index (χ4v) is 2.74. The molecule has 30 heavy (non-hydrogen) atoms. The van der Waals surface area contributed by atoms with Crippen LogP contribution in [0.4, 0.5) is 5.69 Å². The molecule has 5 nitrogen and oxygen atoms in total. The van der Waals surface area contributed by atoms with Gasteiger partial charge in [0.2, 0.25) is 0 Å². The third-order valence-corrected chi connectivity index (χ3v) is 4.12. The summed E-state index contributed by atoms with van der Waals surface area (Å²) in [7, 11) is 0. The van der Waals surface area contributed by atoms with Gasteiger partial charge in [0.25, 0.3) is 11.8 Å². The smallest absolute Gasteiger partial charge is 0.272 e. The maximum atomic E-state index is 12.9. The van der Waals surface area contributed by atoms with Crippen molar-refractivity contribution in [3.8, 4) is 5.75 Å². The minimum atomic E-state index is -0.409. The second-order valence-corrected chi connectivity index (χ2v) is 6.93. The Labute approximate surface area is 176 Å². The normalized spacial score (nSPS) is 11.1. The summed E-state index contributed by atoms with van der Waals surface area (Å²) in [5, 5.41) is 5.54. The van der Waals surface area contributed by atoms with Crippen LogP contribution in [-0.4, -0.2) is 17.9 Å². The highest BCUT2D eigenvalue weighted by molar-refractivity contribution is 6.10. The van der Waals surface area contributed by atoms with Gasteiger partial charge in [-0.3, -0.25) is 9.59 Å². The molecule has 0 bridgehead atoms. The second kappa shape index (κ2) is 10.1. The summed E-state index contributed by atoms with van der Waals surface area (Å²) in [5.74, 6) is -0.0245. The average Bonchev–Trinajstić information content (AvgIpc) is 2.75. The Balaban J connectivity index is 1.85. The number of anilines is 1. The first-order chi connectivity index (χ1) is 14.5. The maximum Gasteiger partial charge on any atom is 0.272 e. The van der Waals surface area contributed by atoms with Crippen LogP contribution >= 0.6 is 0 Å². The summed E-state index contributed by atoms with van der Waals surface area (Å²) < 4.78 is 5.65. The molecular formula is C25H24N2O3. The zero-order valence-electron chi connectivity index (χ0n) is 17.0. The van der Waals surface area contributed by atoms with Crippen LogP contribution in [0.5, 0.6) is 5.75 Å². The van der Waals surface area contributed by atoms with Crippen LogP contribution in [0.15, 0.2) is 90.6 Å². The molecule has 2 N–H and O–H groups in total. The van der Waals surface area contributed by atoms with Crippen molar-refractivity contribution in [2.24, 2.45) is 0 Å². The number of para-hydroxylation sites is 1. The molecule has 0 unspecified atom stereocenters. The lowest BCUT2D eigenvalue weighted by Crippen LogP contribution is -2.30. The Morgan fingerprint density at radius 2 is 1.43 bits per heavy atom. The summed E-state index contributed by atoms with van der Waals surface area (Å²) in [5.41, 5.74) is 2.02. The third-order valence-electron chi connectivity index (χ3n) is 4.12. The number of carbonyl (C=O) groups excluding carboxylic acids is 2. The van der Waals surface area contributed by atoms with E-state index in [2.05, 4.69) is 10.6 Å². The van der Waals surface area contributed by atoms with Gasteiger partial charge < -0.3 is 15.4 Å². The Hall–Kier alpha value is -3.86. The van der Waals surface area contributed by atoms with Gasteiger partial charge >= 0.3 is 0 Å². The fourth-order valence-electron chi connectivity index (χ4n) is 2.74. The van der Waals surface area contributed by atoms with E-state index in [1.165, 1.54) is 0 Å². The standard InChI is InChI=1S/C25H24N2O3/c1-18(2)30-22-15-13-19(14-16-22)17-23(25(29)26-21-11-7-4-8-12-21)27-24(28)20-9-5-3-6-10-20/h3-18H,1-2H3,(H,26,29)(H,27,28)/b23-17-. The van der Waals surface area contributed by atoms with Crippen molar-refractivity contribution in [2.75, 3.05) is 5.32 Å². The Bertz CT molecular complexity index is 1010. The van der Waals surface area contributed by atoms with Gasteiger partial charge in [-0.15, -0.1) is 0 Å². The number of ether oxygens (including phenoxy) is 1. The summed E-state index contributed by atoms with van der Waals surface area (Å²) in [6.07, 6.45) is 1.71. The van der Waals surface area contributed by atoms with Crippen LogP contribution in [0.1, 0.15) is 29.8 Å². The van der Waals surface area contributed by atoms with Crippen LogP contribution in [0.3, 0.4) is 0 Å². The van der Waals surface area contributed by atoms with Crippen molar-refractivity contribution in [1.29, 1.82) is 0 Å². The summed E-state index contributed by atoms with van der Waals surface area (Å²) >= 11 is 0. The van der Waals surface area contributed by atoms with Crippen LogP contribution in [0, 0.1) is 0 Å². The summed E-state index contributed by atoms with van der Waals surface area (Å²) in [6, 6.07) is 25.2. The van der Waals surface area contributed by atoms with Gasteiger partial charge in [0, 0.05) is 11.3 Å². The van der Waals surface area contributed by atoms with Crippen molar-refractivity contribution < 1.29 is 14.3 Å². The minimum absolute atomic E-state index is 0.0729. The van der Waals surface area contributed by atoms with E-state index in [-0.39, 0.29) is 17.7 Å². The topological polar surface area (TPSA) is 67.4 Å². The molecule has 0 saturated carbocycles. The van der Waals surface area contributed by atoms with E-state index < -0.39 is 5.91 Å². The molecule has 0 atom stereocenters. The average molecular weight is 400 g/mol. The Kier molecular flexibility index (Phi) is 7.00. The van der Waals surface area contributed by atoms with E-state index in [9.17, 15) is 9.59 Å². The van der Waals surface area contributed by atoms with Crippen molar-refractivity contribution in [2.45, 2.75) is 20.0 Å². The quantitative estimate of drug-likeness (QED) is 0.555. The van der Waals surface area contributed by atoms with Crippen LogP contribution in [0.25, 0.3) is 6.08 Å². The van der Waals surface area contributed by atoms with E-state index >= 15 is 0 Å². The van der Waals surface area contributed by atoms with Gasteiger partial charge in [-0.25, -0.2) is 0 Å². The van der Waals surface area contributed by atoms with E-state index in [1.54, 1.807) is 42.5 Å². The van der Waals surface area contributed by atoms with Gasteiger partial charge in [-0.1, -0.05) is 48.5 Å². The first-order valence-corrected chi connectivity index (χ1v) is 9.72. The van der Waals surface area contributed by atoms with Crippen LogP contribution in [0.2, 0.25) is 0 Å². The predicted octanol–water partition coefficient (Wildman–Crippen LogP) is 4.88. The molecule has 0 fully saturated rings. The summed E-state index contributed by atoms with van der Waals surface area (Å²) in [6.45, 7) is 3.91. The molecule has 0 aliphatic carbocycles. The zero-order valence-corrected chi connectivity index (χ0v) is 17.0. The van der Waals surface area contributed by atoms with Gasteiger partial charge in [-0.05, 0) is 61.9 Å². The largest absolute Gasteiger partial charge is 0.491 e. The molecule has 0 spiro atoms. The highest BCUT2D eigenvalue weighted by Gasteiger charge is 2.15. The van der Waals surface area contributed by atoms with Gasteiger partial charge in [-0.2, -0.15) is 0 Å². The van der Waals surface area contributed by atoms with Crippen LogP contribution < -0.4 is 15.4 Å². The lowest BCUT2D eigenvalue weighted by Gasteiger charge is -2.12. The van der Waals surface area contributed by atoms with Crippen molar-refractivity contribution in [1.82, 2.24) is 5.32 Å². The zero-order chi connectivity index (χ0) is 21.3. The molecule has 0 aliphatic rings. The molecule has 0 aliphatic heterocycles. The second-order valence-electron chi connectivity index (χ2n) is 6.93. The predicted molar refractivity (Wildman–Crippen MR) is 119 cm³/mol. The number of amides is 2. The first kappa shape index (κ1) is 20.9. The van der Waals surface area contributed by atoms with E-state index in [1.807, 2.05) is 62.4 Å². The molecular weight excluding hydrogens is 376 g/mol. The van der Waals surface area contributed by atoms with Crippen molar-refractivity contribution >= 4 is 23.6 Å². The molecule has 5 heteroatoms. The lowest BCUT2D eigenvalue weighted by molar-refractivity contribution is -0.113. The van der Waals surface area contributed by atoms with E-state index in [0.717, 1.165) is 11.3 Å². The maximum absolute atomic E-state index is 12.9. The number of benzene rings is 3. The van der Waals surface area contributed by atoms with Crippen molar-refractivity contribution in [3.05, 3.63) is 102 Å². The van der Waals surface area contributed by atoms with E-state index in [4.69, 9.17) is 4.74 Å². The SMILES string of the molecule is CC(C)Oc1ccc(/C=C(\NC(=O)c2ccccc2)C(=O)Nc2ccccc2)cc1. The monoisotopic (exact) mass is 400 g/mol. The van der Waals surface area contributed by atoms with Gasteiger partial charge in [0.15, 0.2) is 0 Å². The number of carbonyl (C=O) groups is 2. The number of hydrogen-bond acceptors (Lipinski definition) is 3. The lowest BCUT2D eigenvalue weighted by atomic mass is 10.1. The van der Waals surface area contributed by atoms with Crippen LogP contribution in [-0.2, 0) is 4.79 Å². The van der Waals surface area contributed by atoms with Gasteiger partial charge in [0.1, 0.15) is 11.4 Å². The molecule has 3 rings (SSSR count). The molecule has 0 saturated heterocycles. The minimum Gasteiger partial charge on any atom is -0.491 e. The Morgan fingerprint density at radius 3 is 2.03 bits per heavy atom. The molecule has 3 aromatic rings. The summed E-state index contributed by atoms with van der Waals surface area (Å²) in [4.78, 5) is 25.5. The van der Waals surface area contributed by atoms with E-state index in [0.29, 0.717) is 11.3 Å². The molecule has 0 heterocycles. The molecule has 3 aromatic carbocycles. The molecule has 152 valence electrons.